The van der Waals surface area contributed by atoms with Gasteiger partial charge in [-0.15, -0.1) is 0 Å². The predicted molar refractivity (Wildman–Crippen MR) is 56.7 cm³/mol. The van der Waals surface area contributed by atoms with Crippen molar-refractivity contribution in [2.45, 2.75) is 12.1 Å². The van der Waals surface area contributed by atoms with Crippen molar-refractivity contribution in [3.8, 4) is 0 Å². The second kappa shape index (κ2) is 3.69. The standard InChI is InChI=1S/C10H10Cl2FN/c11-8-3-7(4-9(12)5-8)10(13)1-2-14-6-10/h3-5,14H,1-2,6H2. The minimum Gasteiger partial charge on any atom is -0.313 e. The Bertz CT molecular complexity index is 328. The first-order valence-corrected chi connectivity index (χ1v) is 5.22. The molecular weight excluding hydrogens is 224 g/mol. The molecule has 14 heavy (non-hydrogen) atoms. The van der Waals surface area contributed by atoms with Crippen molar-refractivity contribution < 1.29 is 4.39 Å². The van der Waals surface area contributed by atoms with Crippen LogP contribution in [0.1, 0.15) is 12.0 Å². The molecule has 2 rings (SSSR count). The molecule has 0 aliphatic carbocycles. The molecule has 1 fully saturated rings. The van der Waals surface area contributed by atoms with Crippen LogP contribution in [0.15, 0.2) is 18.2 Å². The lowest BCUT2D eigenvalue weighted by atomic mass is 9.95. The summed E-state index contributed by atoms with van der Waals surface area (Å²) in [5.74, 6) is 0. The van der Waals surface area contributed by atoms with Gasteiger partial charge < -0.3 is 5.32 Å². The normalized spacial score (nSPS) is 26.8. The number of nitrogens with one attached hydrogen (secondary N) is 1. The molecule has 1 N–H and O–H groups in total. The van der Waals surface area contributed by atoms with Gasteiger partial charge in [0.1, 0.15) is 5.67 Å². The van der Waals surface area contributed by atoms with E-state index in [1.54, 1.807) is 18.2 Å². The number of halogens is 3. The average Bonchev–Trinajstić information content (AvgIpc) is 2.52. The first kappa shape index (κ1) is 10.2. The van der Waals surface area contributed by atoms with Crippen LogP contribution in [0, 0.1) is 0 Å². The van der Waals surface area contributed by atoms with Crippen LogP contribution in [-0.4, -0.2) is 13.1 Å². The van der Waals surface area contributed by atoms with E-state index in [-0.39, 0.29) is 0 Å². The molecule has 0 radical (unpaired) electrons. The van der Waals surface area contributed by atoms with E-state index in [9.17, 15) is 4.39 Å². The maximum atomic E-state index is 14.2. The van der Waals surface area contributed by atoms with E-state index in [0.717, 1.165) is 0 Å². The lowest BCUT2D eigenvalue weighted by Crippen LogP contribution is -2.23. The summed E-state index contributed by atoms with van der Waals surface area (Å²) in [7, 11) is 0. The van der Waals surface area contributed by atoms with Crippen molar-refractivity contribution in [2.75, 3.05) is 13.1 Å². The fraction of sp³-hybridized carbons (Fsp3) is 0.400. The van der Waals surface area contributed by atoms with Crippen molar-refractivity contribution in [2.24, 2.45) is 0 Å². The number of rotatable bonds is 1. The molecule has 1 heterocycles. The molecule has 4 heteroatoms. The molecule has 76 valence electrons. The largest absolute Gasteiger partial charge is 0.313 e. The molecule has 0 bridgehead atoms. The van der Waals surface area contributed by atoms with Gasteiger partial charge in [-0.3, -0.25) is 0 Å². The van der Waals surface area contributed by atoms with Crippen LogP contribution in [-0.2, 0) is 5.67 Å². The quantitative estimate of drug-likeness (QED) is 0.786. The third-order valence-corrected chi connectivity index (χ3v) is 2.92. The van der Waals surface area contributed by atoms with Gasteiger partial charge in [0.25, 0.3) is 0 Å². The van der Waals surface area contributed by atoms with Gasteiger partial charge in [0.05, 0.1) is 0 Å². The van der Waals surface area contributed by atoms with E-state index in [2.05, 4.69) is 5.32 Å². The van der Waals surface area contributed by atoms with Crippen molar-refractivity contribution in [3.05, 3.63) is 33.8 Å². The second-order valence-electron chi connectivity index (χ2n) is 3.55. The van der Waals surface area contributed by atoms with Gasteiger partial charge >= 0.3 is 0 Å². The molecule has 0 amide bonds. The summed E-state index contributed by atoms with van der Waals surface area (Å²) in [5, 5.41) is 3.95. The van der Waals surface area contributed by atoms with Crippen molar-refractivity contribution in [3.63, 3.8) is 0 Å². The number of hydrogen-bond donors (Lipinski definition) is 1. The van der Waals surface area contributed by atoms with E-state index < -0.39 is 5.67 Å². The van der Waals surface area contributed by atoms with Crippen LogP contribution >= 0.6 is 23.2 Å². The van der Waals surface area contributed by atoms with E-state index in [4.69, 9.17) is 23.2 Å². The van der Waals surface area contributed by atoms with Crippen molar-refractivity contribution in [1.82, 2.24) is 5.32 Å². The molecule has 0 spiro atoms. The minimum absolute atomic E-state index is 0.337. The molecule has 1 unspecified atom stereocenters. The van der Waals surface area contributed by atoms with Crippen LogP contribution in [0.4, 0.5) is 4.39 Å². The smallest absolute Gasteiger partial charge is 0.149 e. The van der Waals surface area contributed by atoms with Crippen molar-refractivity contribution >= 4 is 23.2 Å². The molecule has 1 saturated heterocycles. The molecular formula is C10H10Cl2FN. The van der Waals surface area contributed by atoms with E-state index in [1.807, 2.05) is 0 Å². The average molecular weight is 234 g/mol. The van der Waals surface area contributed by atoms with Crippen LogP contribution in [0.3, 0.4) is 0 Å². The molecule has 0 saturated carbocycles. The molecule has 1 aliphatic heterocycles. The maximum absolute atomic E-state index is 14.2. The van der Waals surface area contributed by atoms with Crippen LogP contribution in [0.2, 0.25) is 10.0 Å². The highest BCUT2D eigenvalue weighted by atomic mass is 35.5. The van der Waals surface area contributed by atoms with E-state index >= 15 is 0 Å². The van der Waals surface area contributed by atoms with Gasteiger partial charge in [0.2, 0.25) is 0 Å². The zero-order valence-corrected chi connectivity index (χ0v) is 9.00. The van der Waals surface area contributed by atoms with Gasteiger partial charge in [0.15, 0.2) is 0 Å². The third kappa shape index (κ3) is 1.88. The van der Waals surface area contributed by atoms with Crippen LogP contribution in [0.5, 0.6) is 0 Å². The number of benzene rings is 1. The van der Waals surface area contributed by atoms with Gasteiger partial charge in [-0.05, 0) is 36.7 Å². The Morgan fingerprint density at radius 1 is 1.21 bits per heavy atom. The van der Waals surface area contributed by atoms with Gasteiger partial charge in [-0.25, -0.2) is 4.39 Å². The zero-order valence-electron chi connectivity index (χ0n) is 7.49. The maximum Gasteiger partial charge on any atom is 0.149 e. The Kier molecular flexibility index (Phi) is 2.69. The lowest BCUT2D eigenvalue weighted by molar-refractivity contribution is 0.193. The second-order valence-corrected chi connectivity index (χ2v) is 4.42. The molecule has 1 aromatic carbocycles. The monoisotopic (exact) mass is 233 g/mol. The number of hydrogen-bond acceptors (Lipinski definition) is 1. The first-order valence-electron chi connectivity index (χ1n) is 4.46. The Morgan fingerprint density at radius 3 is 2.36 bits per heavy atom. The first-order chi connectivity index (χ1) is 6.60. The van der Waals surface area contributed by atoms with E-state index in [1.165, 1.54) is 0 Å². The molecule has 1 aromatic rings. The van der Waals surface area contributed by atoms with Gasteiger partial charge in [-0.1, -0.05) is 23.2 Å². The summed E-state index contributed by atoms with van der Waals surface area (Å²) in [5.41, 5.74) is -0.742. The summed E-state index contributed by atoms with van der Waals surface area (Å²) in [4.78, 5) is 0. The number of alkyl halides is 1. The van der Waals surface area contributed by atoms with Gasteiger partial charge in [-0.2, -0.15) is 0 Å². The fourth-order valence-electron chi connectivity index (χ4n) is 1.72. The highest BCUT2D eigenvalue weighted by molar-refractivity contribution is 6.34. The van der Waals surface area contributed by atoms with Gasteiger partial charge in [0, 0.05) is 16.6 Å². The lowest BCUT2D eigenvalue weighted by Gasteiger charge is -2.19. The van der Waals surface area contributed by atoms with Crippen LogP contribution < -0.4 is 5.32 Å². The SMILES string of the molecule is FC1(c2cc(Cl)cc(Cl)c2)CCNC1. The molecule has 0 aromatic heterocycles. The molecule has 1 aliphatic rings. The van der Waals surface area contributed by atoms with Crippen molar-refractivity contribution in [1.29, 1.82) is 0 Å². The topological polar surface area (TPSA) is 12.0 Å². The summed E-state index contributed by atoms with van der Waals surface area (Å²) in [6, 6.07) is 4.89. The van der Waals surface area contributed by atoms with Crippen LogP contribution in [0.25, 0.3) is 0 Å². The summed E-state index contributed by atoms with van der Waals surface area (Å²) in [6.45, 7) is 1.03. The Balaban J connectivity index is 2.40. The molecule has 1 atom stereocenters. The zero-order chi connectivity index (χ0) is 10.2. The minimum atomic E-state index is -1.31. The van der Waals surface area contributed by atoms with E-state index in [0.29, 0.717) is 35.1 Å². The molecule has 1 nitrogen and oxygen atoms in total. The fourth-order valence-corrected chi connectivity index (χ4v) is 2.25. The predicted octanol–water partition coefficient (Wildman–Crippen LogP) is 3.15. The third-order valence-electron chi connectivity index (χ3n) is 2.48. The highest BCUT2D eigenvalue weighted by Gasteiger charge is 2.35. The summed E-state index contributed by atoms with van der Waals surface area (Å²) >= 11 is 11.6. The Hall–Kier alpha value is -0.310. The Labute approximate surface area is 92.2 Å². The summed E-state index contributed by atoms with van der Waals surface area (Å²) < 4.78 is 14.2. The Morgan fingerprint density at radius 2 is 1.86 bits per heavy atom. The summed E-state index contributed by atoms with van der Waals surface area (Å²) in [6.07, 6.45) is 0.476. The highest BCUT2D eigenvalue weighted by Crippen LogP contribution is 2.35.